The number of thioether (sulfide) groups is 1. The Labute approximate surface area is 202 Å². The third kappa shape index (κ3) is 4.68. The predicted octanol–water partition coefficient (Wildman–Crippen LogP) is 4.09. The highest BCUT2D eigenvalue weighted by Crippen LogP contribution is 2.39. The number of rotatable bonds is 5. The maximum absolute atomic E-state index is 13.6. The first-order valence-corrected chi connectivity index (χ1v) is 14.4. The summed E-state index contributed by atoms with van der Waals surface area (Å²) < 4.78 is 29.1. The van der Waals surface area contributed by atoms with Gasteiger partial charge in [-0.2, -0.15) is 16.1 Å². The zero-order valence-corrected chi connectivity index (χ0v) is 20.5. The van der Waals surface area contributed by atoms with E-state index in [0.717, 1.165) is 34.1 Å². The summed E-state index contributed by atoms with van der Waals surface area (Å²) in [5, 5.41) is 2.23. The topological polar surface area (TPSA) is 62.6 Å². The maximum Gasteiger partial charge on any atom is 0.257 e. The molecule has 9 heteroatoms. The van der Waals surface area contributed by atoms with Gasteiger partial charge in [-0.3, -0.25) is 4.79 Å². The summed E-state index contributed by atoms with van der Waals surface area (Å²) in [6.07, 6.45) is 6.47. The maximum atomic E-state index is 13.6. The van der Waals surface area contributed by atoms with E-state index in [4.69, 9.17) is 0 Å². The van der Waals surface area contributed by atoms with E-state index in [1.165, 1.54) is 20.2 Å². The van der Waals surface area contributed by atoms with Crippen LogP contribution in [0.2, 0.25) is 0 Å². The molecule has 0 atom stereocenters. The van der Waals surface area contributed by atoms with E-state index in [-0.39, 0.29) is 5.91 Å². The quantitative estimate of drug-likeness (QED) is 0.531. The molecule has 6 nitrogen and oxygen atoms in total. The molecule has 2 aromatic heterocycles. The van der Waals surface area contributed by atoms with Crippen LogP contribution in [-0.2, 0) is 22.2 Å². The molecule has 1 fully saturated rings. The molecule has 0 unspecified atom stereocenters. The minimum absolute atomic E-state index is 0.0139. The van der Waals surface area contributed by atoms with Gasteiger partial charge in [-0.05, 0) is 41.5 Å². The molecule has 0 N–H and O–H groups in total. The lowest BCUT2D eigenvalue weighted by Crippen LogP contribution is -2.50. The summed E-state index contributed by atoms with van der Waals surface area (Å²) in [6.45, 7) is 1.38. The number of amides is 1. The van der Waals surface area contributed by atoms with Gasteiger partial charge >= 0.3 is 0 Å². The summed E-state index contributed by atoms with van der Waals surface area (Å²) in [7, 11) is -3.53. The van der Waals surface area contributed by atoms with E-state index >= 15 is 0 Å². The summed E-state index contributed by atoms with van der Waals surface area (Å²) in [4.78, 5) is 16.7. The number of benzene rings is 1. The van der Waals surface area contributed by atoms with Gasteiger partial charge in [-0.15, -0.1) is 11.3 Å². The molecule has 0 saturated carbocycles. The van der Waals surface area contributed by atoms with Gasteiger partial charge in [0.15, 0.2) is 0 Å². The van der Waals surface area contributed by atoms with Crippen molar-refractivity contribution in [2.24, 2.45) is 0 Å². The summed E-state index contributed by atoms with van der Waals surface area (Å²) >= 11 is 3.61. The van der Waals surface area contributed by atoms with Crippen molar-refractivity contribution in [2.45, 2.75) is 12.2 Å². The molecular weight excluding hydrogens is 474 g/mol. The van der Waals surface area contributed by atoms with Crippen LogP contribution in [0.4, 0.5) is 0 Å². The molecule has 2 aliphatic rings. The molecule has 4 heterocycles. The smallest absolute Gasteiger partial charge is 0.257 e. The molecule has 1 aromatic carbocycles. The Morgan fingerprint density at radius 2 is 1.70 bits per heavy atom. The van der Waals surface area contributed by atoms with Gasteiger partial charge in [0, 0.05) is 54.6 Å². The Morgan fingerprint density at radius 1 is 0.970 bits per heavy atom. The lowest BCUT2D eigenvalue weighted by Gasteiger charge is -2.33. The zero-order chi connectivity index (χ0) is 22.8. The largest absolute Gasteiger partial charge is 0.336 e. The van der Waals surface area contributed by atoms with Crippen LogP contribution in [0.3, 0.4) is 0 Å². The second kappa shape index (κ2) is 9.50. The number of aromatic nitrogens is 1. The lowest BCUT2D eigenvalue weighted by atomic mass is 10.1. The fraction of sp³-hybridized carbons (Fsp3) is 0.292. The summed E-state index contributed by atoms with van der Waals surface area (Å²) in [6, 6.07) is 13.3. The Hall–Kier alpha value is -2.33. The Morgan fingerprint density at radius 3 is 2.42 bits per heavy atom. The second-order valence-corrected chi connectivity index (χ2v) is 12.0. The van der Waals surface area contributed by atoms with E-state index in [2.05, 4.69) is 0 Å². The van der Waals surface area contributed by atoms with Crippen LogP contribution < -0.4 is 0 Å². The van der Waals surface area contributed by atoms with Crippen LogP contribution in [0, 0.1) is 0 Å². The van der Waals surface area contributed by atoms with Crippen molar-refractivity contribution >= 4 is 45.1 Å². The fourth-order valence-electron chi connectivity index (χ4n) is 4.21. The number of hydrogen-bond acceptors (Lipinski definition) is 5. The normalized spacial score (nSPS) is 17.4. The molecule has 33 heavy (non-hydrogen) atoms. The SMILES string of the molecule is O=C(c1c(-n2cccc2)sc2c1CCSC2)N1CCN(S(=O)(=O)/C=C/c2ccccc2)CC1. The van der Waals surface area contributed by atoms with Crippen LogP contribution in [0.15, 0.2) is 60.3 Å². The summed E-state index contributed by atoms with van der Waals surface area (Å²) in [5.41, 5.74) is 2.81. The van der Waals surface area contributed by atoms with E-state index in [1.807, 2.05) is 76.1 Å². The van der Waals surface area contributed by atoms with Crippen molar-refractivity contribution in [3.05, 3.63) is 81.8 Å². The van der Waals surface area contributed by atoms with Crippen LogP contribution in [-0.4, -0.2) is 60.0 Å². The van der Waals surface area contributed by atoms with Crippen LogP contribution >= 0.6 is 23.1 Å². The molecule has 1 saturated heterocycles. The molecule has 5 rings (SSSR count). The zero-order valence-electron chi connectivity index (χ0n) is 18.1. The molecule has 172 valence electrons. The number of carbonyl (C=O) groups is 1. The van der Waals surface area contributed by atoms with Crippen molar-refractivity contribution in [3.8, 4) is 5.00 Å². The van der Waals surface area contributed by atoms with Crippen molar-refractivity contribution in [3.63, 3.8) is 0 Å². The van der Waals surface area contributed by atoms with E-state index in [0.29, 0.717) is 26.2 Å². The van der Waals surface area contributed by atoms with E-state index < -0.39 is 10.0 Å². The number of thiophene rings is 1. The van der Waals surface area contributed by atoms with Crippen LogP contribution in [0.5, 0.6) is 0 Å². The van der Waals surface area contributed by atoms with Crippen LogP contribution in [0.1, 0.15) is 26.4 Å². The second-order valence-electron chi connectivity index (χ2n) is 8.03. The Balaban J connectivity index is 1.32. The molecular formula is C24H25N3O3S3. The third-order valence-electron chi connectivity index (χ3n) is 5.97. The van der Waals surface area contributed by atoms with Gasteiger partial charge in [0.05, 0.1) is 5.56 Å². The number of carbonyl (C=O) groups excluding carboxylic acids is 1. The van der Waals surface area contributed by atoms with Crippen molar-refractivity contribution < 1.29 is 13.2 Å². The molecule has 1 amide bonds. The standard InChI is InChI=1S/C24H25N3O3S3/c28-23(22-20-8-16-31-18-21(20)32-24(22)26-10-4-5-11-26)25-12-14-27(15-13-25)33(29,30)17-9-19-6-2-1-3-7-19/h1-7,9-11,17H,8,12-16,18H2/b17-9+. The van der Waals surface area contributed by atoms with Crippen molar-refractivity contribution in [1.82, 2.24) is 13.8 Å². The third-order valence-corrected chi connectivity index (χ3v) is 9.95. The average Bonchev–Trinajstić information content (AvgIpc) is 3.51. The average molecular weight is 500 g/mol. The van der Waals surface area contributed by atoms with Gasteiger partial charge < -0.3 is 9.47 Å². The van der Waals surface area contributed by atoms with Gasteiger partial charge in [-0.1, -0.05) is 30.3 Å². The van der Waals surface area contributed by atoms with Crippen molar-refractivity contribution in [2.75, 3.05) is 31.9 Å². The highest BCUT2D eigenvalue weighted by atomic mass is 32.2. The van der Waals surface area contributed by atoms with Crippen LogP contribution in [0.25, 0.3) is 11.1 Å². The number of nitrogens with zero attached hydrogens (tertiary/aromatic N) is 3. The molecule has 0 radical (unpaired) electrons. The van der Waals surface area contributed by atoms with E-state index in [9.17, 15) is 13.2 Å². The molecule has 0 bridgehead atoms. The molecule has 2 aliphatic heterocycles. The highest BCUT2D eigenvalue weighted by Gasteiger charge is 2.32. The highest BCUT2D eigenvalue weighted by molar-refractivity contribution is 7.98. The molecule has 0 spiro atoms. The minimum atomic E-state index is -3.53. The number of fused-ring (bicyclic) bond motifs is 1. The van der Waals surface area contributed by atoms with Gasteiger partial charge in [0.2, 0.25) is 10.0 Å². The predicted molar refractivity (Wildman–Crippen MR) is 135 cm³/mol. The first-order valence-electron chi connectivity index (χ1n) is 10.9. The van der Waals surface area contributed by atoms with Gasteiger partial charge in [0.25, 0.3) is 5.91 Å². The Kier molecular flexibility index (Phi) is 6.47. The number of piperazine rings is 1. The minimum Gasteiger partial charge on any atom is -0.336 e. The van der Waals surface area contributed by atoms with Gasteiger partial charge in [-0.25, -0.2) is 8.42 Å². The van der Waals surface area contributed by atoms with E-state index in [1.54, 1.807) is 17.4 Å². The molecule has 3 aromatic rings. The molecule has 0 aliphatic carbocycles. The monoisotopic (exact) mass is 499 g/mol. The number of hydrogen-bond donors (Lipinski definition) is 0. The first-order chi connectivity index (χ1) is 16.0. The van der Waals surface area contributed by atoms with Crippen molar-refractivity contribution in [1.29, 1.82) is 0 Å². The number of sulfonamides is 1. The van der Waals surface area contributed by atoms with Gasteiger partial charge in [0.1, 0.15) is 5.00 Å². The summed E-state index contributed by atoms with van der Waals surface area (Å²) in [5.74, 6) is 1.98. The fourth-order valence-corrected chi connectivity index (χ4v) is 7.82. The first kappa shape index (κ1) is 22.5. The Bertz CT molecular complexity index is 1260. The lowest BCUT2D eigenvalue weighted by molar-refractivity contribution is 0.0698.